The van der Waals surface area contributed by atoms with Crippen molar-refractivity contribution in [1.29, 1.82) is 0 Å². The molecule has 1 saturated heterocycles. The van der Waals surface area contributed by atoms with Crippen LogP contribution in [0.25, 0.3) is 0 Å². The first-order valence-corrected chi connectivity index (χ1v) is 9.41. The summed E-state index contributed by atoms with van der Waals surface area (Å²) in [5, 5.41) is 12.0. The molecule has 1 aromatic carbocycles. The van der Waals surface area contributed by atoms with Crippen LogP contribution in [0.15, 0.2) is 23.7 Å². The number of likely N-dealkylation sites (N-methyl/N-ethyl adjacent to an activating group) is 1. The number of aliphatic hydroxyl groups is 1. The number of Topliss-reactive ketones (excluding diaryl/α,β-unsaturated/α-hetero) is 1. The van der Waals surface area contributed by atoms with Crippen LogP contribution >= 0.6 is 0 Å². The molecule has 1 N–H and O–H groups in total. The molecule has 0 aromatic heterocycles. The summed E-state index contributed by atoms with van der Waals surface area (Å²) in [5.41, 5.74) is -0.417. The van der Waals surface area contributed by atoms with Gasteiger partial charge in [0.2, 0.25) is 11.5 Å². The molecule has 152 valence electrons. The Morgan fingerprint density at radius 3 is 2.36 bits per heavy atom. The molecule has 28 heavy (non-hydrogen) atoms. The molecule has 0 radical (unpaired) electrons. The molecule has 1 aliphatic heterocycles. The lowest BCUT2D eigenvalue weighted by Crippen LogP contribution is -2.75. The number of likely N-dealkylation sites (tertiary alicyclic amines) is 1. The van der Waals surface area contributed by atoms with Crippen LogP contribution in [0, 0.1) is 0 Å². The number of carbonyl (C=O) groups is 1. The summed E-state index contributed by atoms with van der Waals surface area (Å²) in [6.07, 6.45) is 1.55. The molecule has 0 unspecified atom stereocenters. The number of fused-ring (bicyclic) bond motifs is 1. The van der Waals surface area contributed by atoms with Gasteiger partial charge in [-0.3, -0.25) is 9.69 Å². The summed E-state index contributed by atoms with van der Waals surface area (Å²) < 4.78 is 21.9. The zero-order chi connectivity index (χ0) is 20.3. The Hall–Kier alpha value is -2.25. The molecule has 3 atom stereocenters. The highest BCUT2D eigenvalue weighted by atomic mass is 16.5. The Balaban J connectivity index is 2.03. The van der Waals surface area contributed by atoms with Crippen LogP contribution in [-0.4, -0.2) is 69.5 Å². The van der Waals surface area contributed by atoms with Gasteiger partial charge in [-0.1, -0.05) is 0 Å². The maximum atomic E-state index is 13.5. The number of hydrogen-bond donors (Lipinski definition) is 1. The van der Waals surface area contributed by atoms with Crippen molar-refractivity contribution in [3.8, 4) is 11.5 Å². The summed E-state index contributed by atoms with van der Waals surface area (Å²) in [6.45, 7) is 0.771. The van der Waals surface area contributed by atoms with E-state index in [1.54, 1.807) is 14.2 Å². The first-order chi connectivity index (χ1) is 13.4. The van der Waals surface area contributed by atoms with Gasteiger partial charge in [0.1, 0.15) is 5.76 Å². The third kappa shape index (κ3) is 2.14. The molecule has 7 nitrogen and oxygen atoms in total. The van der Waals surface area contributed by atoms with Crippen LogP contribution in [0.2, 0.25) is 0 Å². The molecule has 2 aliphatic carbocycles. The summed E-state index contributed by atoms with van der Waals surface area (Å²) in [6, 6.07) is 3.52. The lowest BCUT2D eigenvalue weighted by molar-refractivity contribution is -0.175. The Morgan fingerprint density at radius 2 is 1.75 bits per heavy atom. The van der Waals surface area contributed by atoms with Crippen molar-refractivity contribution in [3.05, 3.63) is 34.8 Å². The highest BCUT2D eigenvalue weighted by Crippen LogP contribution is 2.59. The van der Waals surface area contributed by atoms with Crippen molar-refractivity contribution in [2.24, 2.45) is 0 Å². The van der Waals surface area contributed by atoms with Gasteiger partial charge >= 0.3 is 0 Å². The van der Waals surface area contributed by atoms with E-state index in [9.17, 15) is 9.90 Å². The van der Waals surface area contributed by atoms with Crippen LogP contribution in [0.5, 0.6) is 11.5 Å². The Labute approximate surface area is 164 Å². The molecule has 2 bridgehead atoms. The molecule has 1 heterocycles. The molecular formula is C21H27NO6. The van der Waals surface area contributed by atoms with Gasteiger partial charge in [-0.05, 0) is 49.7 Å². The lowest BCUT2D eigenvalue weighted by Gasteiger charge is -2.61. The fraction of sp³-hybridized carbons (Fsp3) is 0.571. The number of carbonyl (C=O) groups excluding carboxylic acids is 1. The molecule has 3 aliphatic rings. The number of hydrogen-bond acceptors (Lipinski definition) is 7. The zero-order valence-electron chi connectivity index (χ0n) is 17.0. The second kappa shape index (κ2) is 6.39. The maximum Gasteiger partial charge on any atom is 0.234 e. The van der Waals surface area contributed by atoms with E-state index in [4.69, 9.17) is 18.9 Å². The summed E-state index contributed by atoms with van der Waals surface area (Å²) in [5.74, 6) is 1.41. The largest absolute Gasteiger partial charge is 0.497 e. The van der Waals surface area contributed by atoms with Gasteiger partial charge in [0.25, 0.3) is 0 Å². The molecule has 7 heteroatoms. The van der Waals surface area contributed by atoms with E-state index in [1.165, 1.54) is 14.2 Å². The molecular weight excluding hydrogens is 362 g/mol. The molecule has 4 rings (SSSR count). The van der Waals surface area contributed by atoms with Gasteiger partial charge in [0, 0.05) is 11.8 Å². The fourth-order valence-electron chi connectivity index (χ4n) is 5.45. The normalized spacial score (nSPS) is 31.8. The second-order valence-electron chi connectivity index (χ2n) is 7.83. The van der Waals surface area contributed by atoms with Gasteiger partial charge in [-0.25, -0.2) is 0 Å². The van der Waals surface area contributed by atoms with Crippen molar-refractivity contribution < 1.29 is 28.8 Å². The quantitative estimate of drug-likeness (QED) is 0.834. The Bertz CT molecular complexity index is 865. The van der Waals surface area contributed by atoms with Crippen LogP contribution in [-0.2, 0) is 26.1 Å². The van der Waals surface area contributed by atoms with Gasteiger partial charge in [-0.15, -0.1) is 0 Å². The summed E-state index contributed by atoms with van der Waals surface area (Å²) in [7, 11) is 8.12. The van der Waals surface area contributed by atoms with E-state index >= 15 is 0 Å². The minimum absolute atomic E-state index is 0.116. The number of nitrogens with zero attached hydrogens (tertiary/aromatic N) is 1. The maximum absolute atomic E-state index is 13.5. The average Bonchev–Trinajstić information content (AvgIpc) is 2.70. The van der Waals surface area contributed by atoms with Crippen molar-refractivity contribution >= 4 is 5.78 Å². The summed E-state index contributed by atoms with van der Waals surface area (Å²) >= 11 is 0. The van der Waals surface area contributed by atoms with E-state index in [0.717, 1.165) is 17.7 Å². The Kier molecular flexibility index (Phi) is 4.35. The van der Waals surface area contributed by atoms with E-state index in [1.807, 2.05) is 19.2 Å². The number of rotatable bonds is 4. The van der Waals surface area contributed by atoms with Gasteiger partial charge in [0.05, 0.1) is 34.5 Å². The van der Waals surface area contributed by atoms with E-state index in [-0.39, 0.29) is 11.8 Å². The predicted octanol–water partition coefficient (Wildman–Crippen LogP) is 1.41. The standard InChI is InChI=1S/C21H27NO6/c1-22-7-6-20-11-16(27-4)18(28-5)19(23)21(20,24)17(22)9-12-8-14(25-2)15(26-3)10-13(12)20/h8,10,17,24H,6-7,9,11H2,1-5H3/t17-,20-,21+/m1/s1. The first-order valence-electron chi connectivity index (χ1n) is 9.41. The van der Waals surface area contributed by atoms with Crippen LogP contribution < -0.4 is 9.47 Å². The number of ether oxygens (including phenoxy) is 4. The highest BCUT2D eigenvalue weighted by Gasteiger charge is 2.69. The molecule has 0 amide bonds. The molecule has 0 saturated carbocycles. The minimum Gasteiger partial charge on any atom is -0.497 e. The van der Waals surface area contributed by atoms with Crippen molar-refractivity contribution in [2.75, 3.05) is 42.0 Å². The van der Waals surface area contributed by atoms with Gasteiger partial charge < -0.3 is 24.1 Å². The highest BCUT2D eigenvalue weighted by molar-refractivity contribution is 6.04. The first kappa shape index (κ1) is 19.1. The molecule has 0 spiro atoms. The third-order valence-electron chi connectivity index (χ3n) is 6.89. The number of allylic oxidation sites excluding steroid dienone is 1. The van der Waals surface area contributed by atoms with Crippen LogP contribution in [0.4, 0.5) is 0 Å². The van der Waals surface area contributed by atoms with E-state index in [0.29, 0.717) is 36.5 Å². The van der Waals surface area contributed by atoms with Crippen molar-refractivity contribution in [1.82, 2.24) is 4.90 Å². The SMILES string of the molecule is COC1=C(OC)C(=O)[C@@]2(O)[C@H]3Cc4cc(OC)c(OC)cc4[C@@]2(CCN3C)C1. The zero-order valence-corrected chi connectivity index (χ0v) is 17.0. The topological polar surface area (TPSA) is 77.5 Å². The Morgan fingerprint density at radius 1 is 1.07 bits per heavy atom. The lowest BCUT2D eigenvalue weighted by atomic mass is 9.50. The average molecular weight is 389 g/mol. The second-order valence-corrected chi connectivity index (χ2v) is 7.83. The monoisotopic (exact) mass is 389 g/mol. The van der Waals surface area contributed by atoms with Crippen LogP contribution in [0.1, 0.15) is 24.0 Å². The van der Waals surface area contributed by atoms with E-state index in [2.05, 4.69) is 4.90 Å². The number of ketones is 1. The molecule has 1 fully saturated rings. The van der Waals surface area contributed by atoms with Crippen molar-refractivity contribution in [3.63, 3.8) is 0 Å². The minimum atomic E-state index is -1.60. The number of methoxy groups -OCH3 is 4. The number of benzene rings is 1. The third-order valence-corrected chi connectivity index (χ3v) is 6.89. The van der Waals surface area contributed by atoms with Crippen molar-refractivity contribution in [2.45, 2.75) is 36.3 Å². The number of piperidine rings is 1. The van der Waals surface area contributed by atoms with E-state index < -0.39 is 16.8 Å². The predicted molar refractivity (Wildman–Crippen MR) is 102 cm³/mol. The smallest absolute Gasteiger partial charge is 0.234 e. The molecule has 1 aromatic rings. The fourth-order valence-corrected chi connectivity index (χ4v) is 5.45. The summed E-state index contributed by atoms with van der Waals surface area (Å²) in [4.78, 5) is 15.6. The van der Waals surface area contributed by atoms with Gasteiger partial charge in [-0.2, -0.15) is 0 Å². The van der Waals surface area contributed by atoms with Gasteiger partial charge in [0.15, 0.2) is 17.1 Å². The van der Waals surface area contributed by atoms with Crippen LogP contribution in [0.3, 0.4) is 0 Å².